The molecule has 0 atom stereocenters. The average Bonchev–Trinajstić information content (AvgIpc) is 3.35. The summed E-state index contributed by atoms with van der Waals surface area (Å²) in [6.07, 6.45) is 5.33. The standard InChI is InChI=1S/C22H34N4O2/c1-3-23-22(24-11-10-21(27)26-12-4-5-13-26)25-15-19-9-6-17(2)14-20(19)28-16-18-7-8-18/h6,9,14,18H,3-5,7-8,10-13,15-16H2,1-2H3,(H2,23,24,25). The van der Waals surface area contributed by atoms with Gasteiger partial charge in [0.15, 0.2) is 5.96 Å². The Morgan fingerprint density at radius 2 is 2.04 bits per heavy atom. The molecule has 0 aromatic heterocycles. The summed E-state index contributed by atoms with van der Waals surface area (Å²) in [5, 5.41) is 6.55. The van der Waals surface area contributed by atoms with Crippen LogP contribution in [0.3, 0.4) is 0 Å². The minimum atomic E-state index is 0.232. The molecule has 1 aliphatic heterocycles. The molecule has 1 aromatic rings. The van der Waals surface area contributed by atoms with Gasteiger partial charge < -0.3 is 20.3 Å². The van der Waals surface area contributed by atoms with E-state index in [4.69, 9.17) is 9.73 Å². The number of carbonyl (C=O) groups is 1. The van der Waals surface area contributed by atoms with Gasteiger partial charge in [-0.3, -0.25) is 4.79 Å². The third kappa shape index (κ3) is 6.43. The third-order valence-corrected chi connectivity index (χ3v) is 5.24. The van der Waals surface area contributed by atoms with E-state index in [1.54, 1.807) is 0 Å². The summed E-state index contributed by atoms with van der Waals surface area (Å²) in [6, 6.07) is 6.30. The number of rotatable bonds is 9. The van der Waals surface area contributed by atoms with Crippen molar-refractivity contribution >= 4 is 11.9 Å². The Labute approximate surface area is 168 Å². The zero-order chi connectivity index (χ0) is 19.8. The zero-order valence-corrected chi connectivity index (χ0v) is 17.3. The first-order valence-corrected chi connectivity index (χ1v) is 10.7. The molecule has 0 spiro atoms. The van der Waals surface area contributed by atoms with Gasteiger partial charge in [0.05, 0.1) is 13.2 Å². The Morgan fingerprint density at radius 1 is 1.25 bits per heavy atom. The maximum Gasteiger partial charge on any atom is 0.224 e. The molecule has 6 heteroatoms. The summed E-state index contributed by atoms with van der Waals surface area (Å²) >= 11 is 0. The fourth-order valence-electron chi connectivity index (χ4n) is 3.34. The second kappa shape index (κ2) is 10.3. The highest BCUT2D eigenvalue weighted by Crippen LogP contribution is 2.30. The zero-order valence-electron chi connectivity index (χ0n) is 17.3. The summed E-state index contributed by atoms with van der Waals surface area (Å²) < 4.78 is 6.04. The highest BCUT2D eigenvalue weighted by Gasteiger charge is 2.22. The summed E-state index contributed by atoms with van der Waals surface area (Å²) in [6.45, 7) is 8.68. The van der Waals surface area contributed by atoms with E-state index in [1.165, 1.54) is 18.4 Å². The van der Waals surface area contributed by atoms with Gasteiger partial charge in [-0.05, 0) is 57.1 Å². The van der Waals surface area contributed by atoms with Crippen LogP contribution in [-0.4, -0.2) is 49.6 Å². The van der Waals surface area contributed by atoms with Crippen LogP contribution < -0.4 is 15.4 Å². The van der Waals surface area contributed by atoms with Gasteiger partial charge in [-0.2, -0.15) is 0 Å². The van der Waals surface area contributed by atoms with Crippen molar-refractivity contribution in [3.05, 3.63) is 29.3 Å². The van der Waals surface area contributed by atoms with E-state index >= 15 is 0 Å². The highest BCUT2D eigenvalue weighted by atomic mass is 16.5. The molecule has 3 rings (SSSR count). The van der Waals surface area contributed by atoms with Crippen LogP contribution in [0.2, 0.25) is 0 Å². The molecule has 2 fully saturated rings. The molecular weight excluding hydrogens is 352 g/mol. The molecule has 2 aliphatic rings. The number of amides is 1. The van der Waals surface area contributed by atoms with Crippen molar-refractivity contribution in [1.29, 1.82) is 0 Å². The Hall–Kier alpha value is -2.24. The van der Waals surface area contributed by atoms with Gasteiger partial charge in [-0.1, -0.05) is 12.1 Å². The Balaban J connectivity index is 1.53. The number of aryl methyl sites for hydroxylation is 1. The number of nitrogens with one attached hydrogen (secondary N) is 2. The molecular formula is C22H34N4O2. The van der Waals surface area contributed by atoms with Crippen LogP contribution in [0.4, 0.5) is 0 Å². The van der Waals surface area contributed by atoms with E-state index in [2.05, 4.69) is 35.8 Å². The molecule has 1 saturated carbocycles. The van der Waals surface area contributed by atoms with Gasteiger partial charge >= 0.3 is 0 Å². The fraction of sp³-hybridized carbons (Fsp3) is 0.636. The van der Waals surface area contributed by atoms with Crippen LogP contribution in [0.1, 0.15) is 50.2 Å². The lowest BCUT2D eigenvalue weighted by atomic mass is 10.1. The van der Waals surface area contributed by atoms with Crippen LogP contribution in [0, 0.1) is 12.8 Å². The SMILES string of the molecule is CCNC(=NCc1ccc(C)cc1OCC1CC1)NCCC(=O)N1CCCC1. The van der Waals surface area contributed by atoms with Crippen molar-refractivity contribution in [2.24, 2.45) is 10.9 Å². The first kappa shape index (κ1) is 20.5. The first-order valence-electron chi connectivity index (χ1n) is 10.7. The lowest BCUT2D eigenvalue weighted by Gasteiger charge is -2.16. The Bertz CT molecular complexity index is 679. The van der Waals surface area contributed by atoms with Gasteiger partial charge in [0.1, 0.15) is 5.75 Å². The van der Waals surface area contributed by atoms with Crippen LogP contribution in [0.25, 0.3) is 0 Å². The van der Waals surface area contributed by atoms with E-state index < -0.39 is 0 Å². The van der Waals surface area contributed by atoms with E-state index in [1.807, 2.05) is 11.8 Å². The molecule has 0 radical (unpaired) electrons. The lowest BCUT2D eigenvalue weighted by molar-refractivity contribution is -0.129. The van der Waals surface area contributed by atoms with E-state index in [0.29, 0.717) is 19.5 Å². The van der Waals surface area contributed by atoms with Crippen LogP contribution in [-0.2, 0) is 11.3 Å². The molecule has 0 unspecified atom stereocenters. The van der Waals surface area contributed by atoms with Crippen LogP contribution in [0.5, 0.6) is 5.75 Å². The molecule has 0 bridgehead atoms. The minimum absolute atomic E-state index is 0.232. The predicted molar refractivity (Wildman–Crippen MR) is 113 cm³/mol. The quantitative estimate of drug-likeness (QED) is 0.506. The molecule has 1 aliphatic carbocycles. The average molecular weight is 387 g/mol. The largest absolute Gasteiger partial charge is 0.493 e. The fourth-order valence-corrected chi connectivity index (χ4v) is 3.34. The van der Waals surface area contributed by atoms with Crippen molar-refractivity contribution in [3.63, 3.8) is 0 Å². The van der Waals surface area contributed by atoms with Crippen molar-refractivity contribution in [2.75, 3.05) is 32.8 Å². The number of nitrogens with zero attached hydrogens (tertiary/aromatic N) is 2. The van der Waals surface area contributed by atoms with E-state index in [-0.39, 0.29) is 5.91 Å². The number of carbonyl (C=O) groups excluding carboxylic acids is 1. The van der Waals surface area contributed by atoms with Crippen LogP contribution >= 0.6 is 0 Å². The molecule has 1 amide bonds. The monoisotopic (exact) mass is 386 g/mol. The van der Waals surface area contributed by atoms with Gasteiger partial charge in [0.2, 0.25) is 5.91 Å². The second-order valence-corrected chi connectivity index (χ2v) is 7.83. The Kier molecular flexibility index (Phi) is 7.57. The van der Waals surface area contributed by atoms with Gasteiger partial charge in [0.25, 0.3) is 0 Å². The molecule has 154 valence electrons. The van der Waals surface area contributed by atoms with E-state index in [0.717, 1.165) is 62.3 Å². The number of likely N-dealkylation sites (tertiary alicyclic amines) is 1. The van der Waals surface area contributed by atoms with Crippen molar-refractivity contribution in [2.45, 2.75) is 52.5 Å². The van der Waals surface area contributed by atoms with Gasteiger partial charge in [-0.15, -0.1) is 0 Å². The molecule has 2 N–H and O–H groups in total. The minimum Gasteiger partial charge on any atom is -0.493 e. The van der Waals surface area contributed by atoms with Crippen molar-refractivity contribution in [1.82, 2.24) is 15.5 Å². The smallest absolute Gasteiger partial charge is 0.224 e. The van der Waals surface area contributed by atoms with Crippen LogP contribution in [0.15, 0.2) is 23.2 Å². The molecule has 1 saturated heterocycles. The van der Waals surface area contributed by atoms with Crippen molar-refractivity contribution < 1.29 is 9.53 Å². The van der Waals surface area contributed by atoms with Gasteiger partial charge in [-0.25, -0.2) is 4.99 Å². The van der Waals surface area contributed by atoms with Gasteiger partial charge in [0, 0.05) is 38.2 Å². The Morgan fingerprint density at radius 3 is 2.75 bits per heavy atom. The number of ether oxygens (including phenoxy) is 1. The topological polar surface area (TPSA) is 66.0 Å². The number of hydrogen-bond acceptors (Lipinski definition) is 3. The number of benzene rings is 1. The number of hydrogen-bond donors (Lipinski definition) is 2. The third-order valence-electron chi connectivity index (χ3n) is 5.24. The molecule has 1 heterocycles. The maximum atomic E-state index is 12.2. The number of guanidine groups is 1. The maximum absolute atomic E-state index is 12.2. The summed E-state index contributed by atoms with van der Waals surface area (Å²) in [4.78, 5) is 18.8. The summed E-state index contributed by atoms with van der Waals surface area (Å²) in [7, 11) is 0. The van der Waals surface area contributed by atoms with Crippen molar-refractivity contribution in [3.8, 4) is 5.75 Å². The first-order chi connectivity index (χ1) is 13.7. The van der Waals surface area contributed by atoms with E-state index in [9.17, 15) is 4.79 Å². The summed E-state index contributed by atoms with van der Waals surface area (Å²) in [5.74, 6) is 2.64. The molecule has 1 aromatic carbocycles. The number of aliphatic imine (C=N–C) groups is 1. The normalized spacial score (nSPS) is 16.9. The molecule has 6 nitrogen and oxygen atoms in total. The highest BCUT2D eigenvalue weighted by molar-refractivity contribution is 5.81. The molecule has 28 heavy (non-hydrogen) atoms. The predicted octanol–water partition coefficient (Wildman–Crippen LogP) is 2.85. The lowest BCUT2D eigenvalue weighted by Crippen LogP contribution is -2.39. The summed E-state index contributed by atoms with van der Waals surface area (Å²) in [5.41, 5.74) is 2.29. The second-order valence-electron chi connectivity index (χ2n) is 7.83.